The molecule has 1 saturated carbocycles. The van der Waals surface area contributed by atoms with E-state index in [4.69, 9.17) is 0 Å². The minimum atomic E-state index is -0.213. The number of anilines is 1. The summed E-state index contributed by atoms with van der Waals surface area (Å²) in [5, 5.41) is 3.38. The molecular weight excluding hydrogens is 245 g/mol. The highest BCUT2D eigenvalue weighted by Crippen LogP contribution is 2.34. The maximum absolute atomic E-state index is 12.9. The summed E-state index contributed by atoms with van der Waals surface area (Å²) < 4.78 is 13.5. The van der Waals surface area contributed by atoms with E-state index in [1.54, 1.807) is 12.1 Å². The summed E-state index contributed by atoms with van der Waals surface area (Å²) in [5.74, 6) is 0.591. The second kappa shape index (κ2) is 3.89. The molecule has 0 radical (unpaired) electrons. The van der Waals surface area contributed by atoms with Gasteiger partial charge in [0, 0.05) is 11.7 Å². The molecule has 0 aromatic heterocycles. The fourth-order valence-electron chi connectivity index (χ4n) is 1.56. The van der Waals surface area contributed by atoms with Gasteiger partial charge in [-0.3, -0.25) is 0 Å². The number of hydrogen-bond acceptors (Lipinski definition) is 1. The van der Waals surface area contributed by atoms with Gasteiger partial charge in [-0.1, -0.05) is 0 Å². The van der Waals surface area contributed by atoms with Crippen molar-refractivity contribution in [1.29, 1.82) is 0 Å². The zero-order valence-corrected chi connectivity index (χ0v) is 9.64. The Morgan fingerprint density at radius 1 is 1.50 bits per heavy atom. The summed E-state index contributed by atoms with van der Waals surface area (Å²) >= 11 is 3.17. The topological polar surface area (TPSA) is 12.0 Å². The van der Waals surface area contributed by atoms with Crippen LogP contribution in [0.15, 0.2) is 22.7 Å². The third kappa shape index (κ3) is 2.27. The van der Waals surface area contributed by atoms with Gasteiger partial charge in [-0.05, 0) is 59.8 Å². The zero-order chi connectivity index (χ0) is 10.1. The van der Waals surface area contributed by atoms with E-state index in [1.807, 2.05) is 0 Å². The molecule has 1 aliphatic rings. The molecule has 0 heterocycles. The molecular formula is C11H13BrFN. The van der Waals surface area contributed by atoms with Crippen molar-refractivity contribution in [3.05, 3.63) is 28.5 Å². The lowest BCUT2D eigenvalue weighted by atomic mass is 10.2. The van der Waals surface area contributed by atoms with Crippen molar-refractivity contribution in [3.63, 3.8) is 0 Å². The molecule has 0 saturated heterocycles. The van der Waals surface area contributed by atoms with Gasteiger partial charge >= 0.3 is 0 Å². The van der Waals surface area contributed by atoms with Crippen LogP contribution in [0.4, 0.5) is 10.1 Å². The fraction of sp³-hybridized carbons (Fsp3) is 0.455. The molecule has 1 aromatic rings. The third-order valence-corrected chi connectivity index (χ3v) is 3.25. The summed E-state index contributed by atoms with van der Waals surface area (Å²) in [5.41, 5.74) is 0.984. The van der Waals surface area contributed by atoms with Crippen molar-refractivity contribution < 1.29 is 4.39 Å². The van der Waals surface area contributed by atoms with Crippen LogP contribution in [0.25, 0.3) is 0 Å². The van der Waals surface area contributed by atoms with Gasteiger partial charge in [-0.2, -0.15) is 0 Å². The average Bonchev–Trinajstić information content (AvgIpc) is 2.94. The molecule has 0 spiro atoms. The quantitative estimate of drug-likeness (QED) is 0.869. The number of nitrogens with one attached hydrogen (secondary N) is 1. The van der Waals surface area contributed by atoms with E-state index in [9.17, 15) is 4.39 Å². The lowest BCUT2D eigenvalue weighted by molar-refractivity contribution is 0.620. The Morgan fingerprint density at radius 2 is 2.21 bits per heavy atom. The summed E-state index contributed by atoms with van der Waals surface area (Å²) in [6, 6.07) is 5.53. The first kappa shape index (κ1) is 9.97. The Hall–Kier alpha value is -0.570. The van der Waals surface area contributed by atoms with Crippen LogP contribution >= 0.6 is 15.9 Å². The van der Waals surface area contributed by atoms with Crippen molar-refractivity contribution in [2.24, 2.45) is 5.92 Å². The Bertz CT molecular complexity index is 336. The van der Waals surface area contributed by atoms with Gasteiger partial charge in [0.25, 0.3) is 0 Å². The van der Waals surface area contributed by atoms with E-state index in [-0.39, 0.29) is 5.82 Å². The molecule has 2 rings (SSSR count). The normalized spacial score (nSPS) is 17.9. The van der Waals surface area contributed by atoms with Crippen molar-refractivity contribution in [3.8, 4) is 0 Å². The Labute approximate surface area is 91.8 Å². The van der Waals surface area contributed by atoms with Gasteiger partial charge in [0.05, 0.1) is 4.47 Å². The van der Waals surface area contributed by atoms with E-state index in [1.165, 1.54) is 18.9 Å². The van der Waals surface area contributed by atoms with E-state index in [0.29, 0.717) is 10.5 Å². The molecule has 1 atom stereocenters. The Morgan fingerprint density at radius 3 is 2.79 bits per heavy atom. The SMILES string of the molecule is C[C@H](Nc1ccc(F)c(Br)c1)C1CC1. The predicted molar refractivity (Wildman–Crippen MR) is 59.9 cm³/mol. The Kier molecular flexibility index (Phi) is 2.77. The summed E-state index contributed by atoms with van der Waals surface area (Å²) in [6.07, 6.45) is 2.63. The van der Waals surface area contributed by atoms with Crippen LogP contribution in [0.5, 0.6) is 0 Å². The number of benzene rings is 1. The number of halogens is 2. The van der Waals surface area contributed by atoms with Gasteiger partial charge in [0.2, 0.25) is 0 Å². The minimum Gasteiger partial charge on any atom is -0.382 e. The number of rotatable bonds is 3. The van der Waals surface area contributed by atoms with Crippen LogP contribution in [0, 0.1) is 11.7 Å². The largest absolute Gasteiger partial charge is 0.382 e. The maximum atomic E-state index is 12.9. The van der Waals surface area contributed by atoms with Crippen LogP contribution in [0.1, 0.15) is 19.8 Å². The smallest absolute Gasteiger partial charge is 0.137 e. The second-order valence-corrected chi connectivity index (χ2v) is 4.75. The summed E-state index contributed by atoms with van der Waals surface area (Å²) in [7, 11) is 0. The van der Waals surface area contributed by atoms with Crippen LogP contribution < -0.4 is 5.32 Å². The minimum absolute atomic E-state index is 0.213. The van der Waals surface area contributed by atoms with Crippen molar-refractivity contribution >= 4 is 21.6 Å². The lowest BCUT2D eigenvalue weighted by Crippen LogP contribution is -2.17. The van der Waals surface area contributed by atoms with Crippen LogP contribution in [0.3, 0.4) is 0 Å². The zero-order valence-electron chi connectivity index (χ0n) is 8.06. The number of hydrogen-bond donors (Lipinski definition) is 1. The first-order chi connectivity index (χ1) is 6.66. The van der Waals surface area contributed by atoms with Crippen molar-refractivity contribution in [1.82, 2.24) is 0 Å². The van der Waals surface area contributed by atoms with E-state index in [2.05, 4.69) is 28.2 Å². The van der Waals surface area contributed by atoms with E-state index < -0.39 is 0 Å². The van der Waals surface area contributed by atoms with Gasteiger partial charge in [-0.15, -0.1) is 0 Å². The molecule has 1 aromatic carbocycles. The third-order valence-electron chi connectivity index (χ3n) is 2.64. The molecule has 0 unspecified atom stereocenters. The molecule has 0 amide bonds. The first-order valence-electron chi connectivity index (χ1n) is 4.88. The fourth-order valence-corrected chi connectivity index (χ4v) is 1.94. The molecule has 3 heteroatoms. The lowest BCUT2D eigenvalue weighted by Gasteiger charge is -2.14. The Balaban J connectivity index is 2.04. The molecule has 0 bridgehead atoms. The monoisotopic (exact) mass is 257 g/mol. The van der Waals surface area contributed by atoms with Crippen LogP contribution in [0.2, 0.25) is 0 Å². The summed E-state index contributed by atoms with van der Waals surface area (Å²) in [4.78, 5) is 0. The van der Waals surface area contributed by atoms with Crippen molar-refractivity contribution in [2.45, 2.75) is 25.8 Å². The molecule has 76 valence electrons. The molecule has 1 fully saturated rings. The van der Waals surface area contributed by atoms with Crippen molar-refractivity contribution in [2.75, 3.05) is 5.32 Å². The van der Waals surface area contributed by atoms with Gasteiger partial charge < -0.3 is 5.32 Å². The molecule has 1 N–H and O–H groups in total. The molecule has 1 nitrogen and oxygen atoms in total. The van der Waals surface area contributed by atoms with Crippen LogP contribution in [-0.2, 0) is 0 Å². The second-order valence-electron chi connectivity index (χ2n) is 3.90. The summed E-state index contributed by atoms with van der Waals surface area (Å²) in [6.45, 7) is 2.18. The van der Waals surface area contributed by atoms with Gasteiger partial charge in [0.15, 0.2) is 0 Å². The highest BCUT2D eigenvalue weighted by molar-refractivity contribution is 9.10. The predicted octanol–water partition coefficient (Wildman–Crippen LogP) is 3.80. The van der Waals surface area contributed by atoms with E-state index >= 15 is 0 Å². The molecule has 0 aliphatic heterocycles. The van der Waals surface area contributed by atoms with Crippen LogP contribution in [-0.4, -0.2) is 6.04 Å². The average molecular weight is 258 g/mol. The highest BCUT2D eigenvalue weighted by atomic mass is 79.9. The van der Waals surface area contributed by atoms with Gasteiger partial charge in [-0.25, -0.2) is 4.39 Å². The highest BCUT2D eigenvalue weighted by Gasteiger charge is 2.27. The standard InChI is InChI=1S/C11H13BrFN/c1-7(8-2-3-8)14-9-4-5-11(13)10(12)6-9/h4-8,14H,2-3H2,1H3/t7-/m0/s1. The van der Waals surface area contributed by atoms with Gasteiger partial charge in [0.1, 0.15) is 5.82 Å². The molecule has 1 aliphatic carbocycles. The van der Waals surface area contributed by atoms with E-state index in [0.717, 1.165) is 11.6 Å². The molecule has 14 heavy (non-hydrogen) atoms. The maximum Gasteiger partial charge on any atom is 0.137 e. The first-order valence-corrected chi connectivity index (χ1v) is 5.67.